The lowest BCUT2D eigenvalue weighted by Crippen LogP contribution is -3.00. The van der Waals surface area contributed by atoms with E-state index in [0.717, 1.165) is 6.42 Å². The smallest absolute Gasteiger partial charge is 0.151 e. The van der Waals surface area contributed by atoms with Crippen LogP contribution in [0.5, 0.6) is 0 Å². The molecule has 0 aromatic rings. The normalized spacial score (nSPS) is 39.2. The highest BCUT2D eigenvalue weighted by Gasteiger charge is 2.37. The third-order valence-electron chi connectivity index (χ3n) is 3.89. The van der Waals surface area contributed by atoms with Crippen LogP contribution in [0.15, 0.2) is 0 Å². The van der Waals surface area contributed by atoms with E-state index in [4.69, 9.17) is 0 Å². The van der Waals surface area contributed by atoms with Crippen molar-refractivity contribution in [2.24, 2.45) is 0 Å². The van der Waals surface area contributed by atoms with Gasteiger partial charge in [0.25, 0.3) is 0 Å². The van der Waals surface area contributed by atoms with Crippen LogP contribution in [0.1, 0.15) is 39.5 Å². The fraction of sp³-hybridized carbons (Fsp3) is 1.00. The number of rotatable bonds is 1. The van der Waals surface area contributed by atoms with Crippen LogP contribution in [0.3, 0.4) is 0 Å². The highest BCUT2D eigenvalue weighted by molar-refractivity contribution is 7.91. The van der Waals surface area contributed by atoms with Gasteiger partial charge in [-0.25, -0.2) is 8.42 Å². The predicted octanol–water partition coefficient (Wildman–Crippen LogP) is -1.56. The quantitative estimate of drug-likeness (QED) is 0.576. The van der Waals surface area contributed by atoms with Gasteiger partial charge in [0.15, 0.2) is 9.84 Å². The largest absolute Gasteiger partial charge is 1.00 e. The molecule has 5 heteroatoms. The molecule has 0 aromatic carbocycles. The minimum atomic E-state index is -2.73. The number of halogens is 1. The molecule has 0 aliphatic carbocycles. The molecule has 2 heterocycles. The summed E-state index contributed by atoms with van der Waals surface area (Å²) in [5.41, 5.74) is 0. The zero-order valence-electron chi connectivity index (χ0n) is 10.0. The van der Waals surface area contributed by atoms with Crippen molar-refractivity contribution in [3.63, 3.8) is 0 Å². The lowest BCUT2D eigenvalue weighted by molar-refractivity contribution is -0.00000746. The van der Waals surface area contributed by atoms with Gasteiger partial charge >= 0.3 is 0 Å². The fourth-order valence-electron chi connectivity index (χ4n) is 3.17. The Kier molecular flexibility index (Phi) is 4.66. The summed E-state index contributed by atoms with van der Waals surface area (Å²) >= 11 is 0. The third kappa shape index (κ3) is 2.90. The Morgan fingerprint density at radius 1 is 1.06 bits per heavy atom. The van der Waals surface area contributed by atoms with Crippen molar-refractivity contribution in [2.45, 2.75) is 57.7 Å². The molecule has 0 radical (unpaired) electrons. The molecule has 0 aromatic heterocycles. The van der Waals surface area contributed by atoms with Crippen molar-refractivity contribution < 1.29 is 20.8 Å². The minimum absolute atomic E-state index is 0. The summed E-state index contributed by atoms with van der Waals surface area (Å²) in [4.78, 5) is 2.45. The highest BCUT2D eigenvalue weighted by atomic mass is 35.5. The second-order valence-corrected chi connectivity index (χ2v) is 7.36. The number of nitrogens with zero attached hydrogens (tertiary/aromatic N) is 1. The van der Waals surface area contributed by atoms with Crippen molar-refractivity contribution in [1.29, 1.82) is 0 Å². The summed E-state index contributed by atoms with van der Waals surface area (Å²) in [6.45, 7) is 4.47. The molecule has 2 fully saturated rings. The molecule has 0 bridgehead atoms. The first-order valence-corrected chi connectivity index (χ1v) is 7.79. The fourth-order valence-corrected chi connectivity index (χ4v) is 4.89. The molecule has 3 unspecified atom stereocenters. The average molecular weight is 267 g/mol. The molecule has 2 saturated heterocycles. The van der Waals surface area contributed by atoms with Crippen molar-refractivity contribution >= 4 is 9.84 Å². The molecule has 16 heavy (non-hydrogen) atoms. The lowest BCUT2D eigenvalue weighted by atomic mass is 9.95. The first kappa shape index (κ1) is 14.3. The summed E-state index contributed by atoms with van der Waals surface area (Å²) in [5, 5.41) is 0. The lowest BCUT2D eigenvalue weighted by Gasteiger charge is -2.42. The Balaban J connectivity index is 0.00000128. The number of hydrogen-bond donors (Lipinski definition) is 0. The summed E-state index contributed by atoms with van der Waals surface area (Å²) in [6.07, 6.45) is 4.58. The molecule has 3 atom stereocenters. The van der Waals surface area contributed by atoms with Crippen LogP contribution in [0.25, 0.3) is 0 Å². The van der Waals surface area contributed by atoms with E-state index in [1.807, 2.05) is 0 Å². The predicted molar refractivity (Wildman–Crippen MR) is 61.7 cm³/mol. The average Bonchev–Trinajstić information content (AvgIpc) is 2.46. The van der Waals surface area contributed by atoms with E-state index in [1.54, 1.807) is 0 Å². The van der Waals surface area contributed by atoms with E-state index in [9.17, 15) is 8.42 Å². The molecular formula is C11H21ClNO2S-. The van der Waals surface area contributed by atoms with Gasteiger partial charge in [0.2, 0.25) is 0 Å². The van der Waals surface area contributed by atoms with Crippen LogP contribution >= 0.6 is 0 Å². The van der Waals surface area contributed by atoms with Gasteiger partial charge in [0.1, 0.15) is 0 Å². The zero-order chi connectivity index (χ0) is 11.1. The van der Waals surface area contributed by atoms with E-state index in [2.05, 4.69) is 18.7 Å². The molecule has 96 valence electrons. The zero-order valence-corrected chi connectivity index (χ0v) is 11.6. The molecular weight excluding hydrogens is 246 g/mol. The monoisotopic (exact) mass is 266 g/mol. The maximum Gasteiger partial charge on any atom is 0.151 e. The van der Waals surface area contributed by atoms with Gasteiger partial charge in [-0.05, 0) is 33.1 Å². The van der Waals surface area contributed by atoms with Crippen molar-refractivity contribution in [3.8, 4) is 0 Å². The number of piperidine rings is 1. The van der Waals surface area contributed by atoms with E-state index in [1.165, 1.54) is 19.3 Å². The second-order valence-electron chi connectivity index (χ2n) is 5.13. The maximum absolute atomic E-state index is 11.5. The van der Waals surface area contributed by atoms with Gasteiger partial charge in [-0.3, -0.25) is 4.90 Å². The Labute approximate surface area is 105 Å². The van der Waals surface area contributed by atoms with Crippen molar-refractivity contribution in [1.82, 2.24) is 4.90 Å². The van der Waals surface area contributed by atoms with Gasteiger partial charge in [0.05, 0.1) is 11.5 Å². The number of sulfone groups is 1. The van der Waals surface area contributed by atoms with Crippen LogP contribution < -0.4 is 12.4 Å². The molecule has 0 saturated carbocycles. The van der Waals surface area contributed by atoms with Gasteiger partial charge in [-0.2, -0.15) is 0 Å². The van der Waals surface area contributed by atoms with Crippen LogP contribution in [0.4, 0.5) is 0 Å². The standard InChI is InChI=1S/C11H21NO2S.ClH/c1-9-4-3-5-10(2)12(9)11-6-7-15(13,14)8-11;/h9-11H,3-8H2,1-2H3;1H/p-1. The highest BCUT2D eigenvalue weighted by Crippen LogP contribution is 2.29. The van der Waals surface area contributed by atoms with Crippen molar-refractivity contribution in [3.05, 3.63) is 0 Å². The van der Waals surface area contributed by atoms with Gasteiger partial charge < -0.3 is 12.4 Å². The summed E-state index contributed by atoms with van der Waals surface area (Å²) in [7, 11) is -2.73. The number of hydrogen-bond acceptors (Lipinski definition) is 3. The van der Waals surface area contributed by atoms with E-state index in [0.29, 0.717) is 29.6 Å². The van der Waals surface area contributed by atoms with Gasteiger partial charge in [-0.1, -0.05) is 6.42 Å². The minimum Gasteiger partial charge on any atom is -1.00 e. The SMILES string of the molecule is CC1CCCC(C)N1C1CCS(=O)(=O)C1.[Cl-]. The molecule has 0 N–H and O–H groups in total. The van der Waals surface area contributed by atoms with E-state index in [-0.39, 0.29) is 12.4 Å². The molecule has 2 aliphatic heterocycles. The molecule has 2 aliphatic rings. The van der Waals surface area contributed by atoms with E-state index >= 15 is 0 Å². The first-order valence-electron chi connectivity index (χ1n) is 5.97. The first-order chi connectivity index (χ1) is 6.99. The van der Waals surface area contributed by atoms with Crippen LogP contribution in [-0.2, 0) is 9.84 Å². The summed E-state index contributed by atoms with van der Waals surface area (Å²) in [6, 6.07) is 1.42. The Bertz CT molecular complexity index is 321. The topological polar surface area (TPSA) is 37.4 Å². The third-order valence-corrected chi connectivity index (χ3v) is 5.64. The van der Waals surface area contributed by atoms with E-state index < -0.39 is 9.84 Å². The summed E-state index contributed by atoms with van der Waals surface area (Å²) < 4.78 is 22.9. The van der Waals surface area contributed by atoms with Crippen LogP contribution in [0.2, 0.25) is 0 Å². The second kappa shape index (κ2) is 5.23. The van der Waals surface area contributed by atoms with Crippen LogP contribution in [0, 0.1) is 0 Å². The molecule has 0 amide bonds. The Hall–Kier alpha value is 0.200. The molecule has 3 nitrogen and oxygen atoms in total. The van der Waals surface area contributed by atoms with Crippen molar-refractivity contribution in [2.75, 3.05) is 11.5 Å². The summed E-state index contributed by atoms with van der Waals surface area (Å²) in [5.74, 6) is 0.787. The Morgan fingerprint density at radius 3 is 2.06 bits per heavy atom. The number of likely N-dealkylation sites (tertiary alicyclic amines) is 1. The molecule has 0 spiro atoms. The van der Waals surface area contributed by atoms with Gasteiger partial charge in [0, 0.05) is 18.1 Å². The Morgan fingerprint density at radius 2 is 1.62 bits per heavy atom. The van der Waals surface area contributed by atoms with Gasteiger partial charge in [-0.15, -0.1) is 0 Å². The van der Waals surface area contributed by atoms with Crippen LogP contribution in [-0.4, -0.2) is 42.9 Å². The maximum atomic E-state index is 11.5. The molecule has 2 rings (SSSR count).